The second-order valence-electron chi connectivity index (χ2n) is 12.6. The zero-order chi connectivity index (χ0) is 33.7. The number of hydrogen-bond acceptors (Lipinski definition) is 7. The minimum atomic E-state index is -1.000. The third kappa shape index (κ3) is 7.30. The van der Waals surface area contributed by atoms with Crippen LogP contribution in [0.4, 0.5) is 10.1 Å². The van der Waals surface area contributed by atoms with Crippen LogP contribution in [-0.4, -0.2) is 64.1 Å². The van der Waals surface area contributed by atoms with E-state index in [-0.39, 0.29) is 50.9 Å². The molecule has 0 aliphatic carbocycles. The number of carboxylic acid groups (broad SMARTS) is 1. The summed E-state index contributed by atoms with van der Waals surface area (Å²) in [6, 6.07) is 15.0. The van der Waals surface area contributed by atoms with E-state index in [1.54, 1.807) is 36.1 Å². The van der Waals surface area contributed by atoms with E-state index in [2.05, 4.69) is 13.8 Å². The number of carbonyl (C=O) groups is 2. The molecule has 3 atom stereocenters. The normalized spacial score (nSPS) is 19.0. The number of aliphatic carboxylic acids is 1. The van der Waals surface area contributed by atoms with E-state index in [0.717, 1.165) is 31.2 Å². The number of fused-ring (bicyclic) bond motifs is 1. The summed E-state index contributed by atoms with van der Waals surface area (Å²) in [4.78, 5) is 31.4. The molecule has 1 amide bonds. The number of aryl methyl sites for hydroxylation is 1. The Morgan fingerprint density at radius 1 is 0.979 bits per heavy atom. The van der Waals surface area contributed by atoms with Gasteiger partial charge in [-0.1, -0.05) is 51.0 Å². The van der Waals surface area contributed by atoms with E-state index < -0.39 is 23.8 Å². The largest absolute Gasteiger partial charge is 0.481 e. The smallest absolute Gasteiger partial charge is 0.308 e. The number of benzene rings is 3. The van der Waals surface area contributed by atoms with E-state index in [1.165, 1.54) is 6.07 Å². The number of likely N-dealkylation sites (tertiary alicyclic amines) is 1. The van der Waals surface area contributed by atoms with Crippen LogP contribution in [0.1, 0.15) is 73.3 Å². The highest BCUT2D eigenvalue weighted by atomic mass is 19.1. The average Bonchev–Trinajstić information content (AvgIpc) is 3.68. The van der Waals surface area contributed by atoms with Crippen molar-refractivity contribution in [3.8, 4) is 11.5 Å². The molecule has 0 bridgehead atoms. The first kappa shape index (κ1) is 34.3. The lowest BCUT2D eigenvalue weighted by Gasteiger charge is -2.35. The lowest BCUT2D eigenvalue weighted by molar-refractivity contribution is -0.143. The first-order valence-corrected chi connectivity index (χ1v) is 16.5. The standard InChI is InChI=1S/C37H45FN2O7/c1-4-8-28(9-5-2)40(29-12-13-31(38)23(3)14-29)34(43)19-39-18-30(26-15-27(21-42)36-33(17-26)46-22-47-36)35(37(44)45)32(39)16-24-10-6-7-11-25(24)20-41/h6-7,10-15,17,28,30,32,35,41-42H,4-5,8-9,16,18-22H2,1-3H3,(H,44,45)/t30-,32+,35-/m1/s1. The van der Waals surface area contributed by atoms with Crippen LogP contribution < -0.4 is 14.4 Å². The van der Waals surface area contributed by atoms with Gasteiger partial charge in [-0.2, -0.15) is 0 Å². The first-order valence-electron chi connectivity index (χ1n) is 16.5. The third-order valence-electron chi connectivity index (χ3n) is 9.56. The highest BCUT2D eigenvalue weighted by Crippen LogP contribution is 2.45. The first-order chi connectivity index (χ1) is 22.7. The van der Waals surface area contributed by atoms with Gasteiger partial charge in [-0.15, -0.1) is 0 Å². The van der Waals surface area contributed by atoms with Crippen LogP contribution in [0.3, 0.4) is 0 Å². The Bertz CT molecular complexity index is 1570. The summed E-state index contributed by atoms with van der Waals surface area (Å²) in [6.07, 6.45) is 3.56. The quantitative estimate of drug-likeness (QED) is 0.208. The van der Waals surface area contributed by atoms with Gasteiger partial charge in [0.15, 0.2) is 11.5 Å². The SMILES string of the molecule is CCCC(CCC)N(C(=O)CN1C[C@H](c2cc(CO)c3c(c2)OCO3)[C@@H](C(=O)O)[C@@H]1Cc1ccccc1CO)c1ccc(F)c(C)c1. The molecule has 1 fully saturated rings. The number of ether oxygens (including phenoxy) is 2. The molecule has 2 aliphatic rings. The number of hydrogen-bond donors (Lipinski definition) is 3. The van der Waals surface area contributed by atoms with Crippen molar-refractivity contribution >= 4 is 17.6 Å². The second-order valence-corrected chi connectivity index (χ2v) is 12.6. The van der Waals surface area contributed by atoms with Crippen molar-refractivity contribution in [1.29, 1.82) is 0 Å². The summed E-state index contributed by atoms with van der Waals surface area (Å²) in [6.45, 7) is 5.55. The molecule has 0 saturated carbocycles. The maximum Gasteiger partial charge on any atom is 0.308 e. The number of nitrogens with zero attached hydrogens (tertiary/aromatic N) is 2. The molecule has 252 valence electrons. The fraction of sp³-hybridized carbons (Fsp3) is 0.459. The van der Waals surface area contributed by atoms with E-state index in [0.29, 0.717) is 45.9 Å². The Hall–Kier alpha value is -3.99. The molecular weight excluding hydrogens is 603 g/mol. The summed E-state index contributed by atoms with van der Waals surface area (Å²) >= 11 is 0. The van der Waals surface area contributed by atoms with Gasteiger partial charge in [-0.05, 0) is 78.8 Å². The highest BCUT2D eigenvalue weighted by molar-refractivity contribution is 5.95. The molecule has 1 saturated heterocycles. The maximum atomic E-state index is 14.5. The molecule has 0 unspecified atom stereocenters. The average molecular weight is 649 g/mol. The van der Waals surface area contributed by atoms with E-state index in [4.69, 9.17) is 9.47 Å². The number of anilines is 1. The lowest BCUT2D eigenvalue weighted by Crippen LogP contribution is -2.48. The van der Waals surface area contributed by atoms with Crippen molar-refractivity contribution in [3.63, 3.8) is 0 Å². The van der Waals surface area contributed by atoms with Crippen molar-refractivity contribution in [2.24, 2.45) is 5.92 Å². The molecule has 3 aromatic carbocycles. The number of carbonyl (C=O) groups excluding carboxylic acids is 1. The number of amides is 1. The summed E-state index contributed by atoms with van der Waals surface area (Å²) in [7, 11) is 0. The Balaban J connectivity index is 1.57. The molecule has 9 nitrogen and oxygen atoms in total. The van der Waals surface area contributed by atoms with Gasteiger partial charge in [0.05, 0.1) is 25.7 Å². The molecule has 0 aromatic heterocycles. The number of aliphatic hydroxyl groups is 2. The molecule has 0 radical (unpaired) electrons. The molecule has 0 spiro atoms. The Labute approximate surface area is 275 Å². The van der Waals surface area contributed by atoms with Crippen LogP contribution in [-0.2, 0) is 29.2 Å². The number of rotatable bonds is 14. The topological polar surface area (TPSA) is 120 Å². The Morgan fingerprint density at radius 2 is 1.68 bits per heavy atom. The van der Waals surface area contributed by atoms with Crippen molar-refractivity contribution < 1.29 is 38.8 Å². The molecule has 10 heteroatoms. The Morgan fingerprint density at radius 3 is 2.32 bits per heavy atom. The van der Waals surface area contributed by atoms with E-state index >= 15 is 0 Å². The van der Waals surface area contributed by atoms with Crippen LogP contribution in [0.15, 0.2) is 54.6 Å². The number of halogens is 1. The van der Waals surface area contributed by atoms with Gasteiger partial charge in [-0.25, -0.2) is 4.39 Å². The molecular formula is C37H45FN2O7. The van der Waals surface area contributed by atoms with Gasteiger partial charge >= 0.3 is 5.97 Å². The van der Waals surface area contributed by atoms with Crippen LogP contribution in [0.25, 0.3) is 0 Å². The highest BCUT2D eigenvalue weighted by Gasteiger charge is 2.48. The molecule has 47 heavy (non-hydrogen) atoms. The summed E-state index contributed by atoms with van der Waals surface area (Å²) in [5.41, 5.74) is 3.77. The van der Waals surface area contributed by atoms with Crippen LogP contribution >= 0.6 is 0 Å². The van der Waals surface area contributed by atoms with E-state index in [9.17, 15) is 29.3 Å². The minimum Gasteiger partial charge on any atom is -0.481 e. The van der Waals surface area contributed by atoms with Gasteiger partial charge in [0.1, 0.15) is 5.82 Å². The molecule has 5 rings (SSSR count). The fourth-order valence-corrected chi connectivity index (χ4v) is 7.31. The van der Waals surface area contributed by atoms with Crippen molar-refractivity contribution in [1.82, 2.24) is 4.90 Å². The minimum absolute atomic E-state index is 0.00931. The lowest BCUT2D eigenvalue weighted by atomic mass is 9.82. The molecule has 2 heterocycles. The number of carboxylic acids is 1. The monoisotopic (exact) mass is 648 g/mol. The summed E-state index contributed by atoms with van der Waals surface area (Å²) in [5, 5.41) is 30.9. The summed E-state index contributed by atoms with van der Waals surface area (Å²) in [5.74, 6) is -2.07. The molecule has 2 aliphatic heterocycles. The van der Waals surface area contributed by atoms with Crippen LogP contribution in [0.2, 0.25) is 0 Å². The van der Waals surface area contributed by atoms with Crippen LogP contribution in [0.5, 0.6) is 11.5 Å². The zero-order valence-electron chi connectivity index (χ0n) is 27.3. The van der Waals surface area contributed by atoms with Crippen molar-refractivity contribution in [2.75, 3.05) is 24.8 Å². The van der Waals surface area contributed by atoms with Crippen LogP contribution in [0, 0.1) is 18.7 Å². The predicted octanol–water partition coefficient (Wildman–Crippen LogP) is 5.56. The second kappa shape index (κ2) is 15.3. The van der Waals surface area contributed by atoms with Gasteiger partial charge < -0.3 is 29.7 Å². The third-order valence-corrected chi connectivity index (χ3v) is 9.56. The van der Waals surface area contributed by atoms with Crippen molar-refractivity contribution in [2.45, 2.75) is 84.1 Å². The predicted molar refractivity (Wildman–Crippen MR) is 176 cm³/mol. The van der Waals surface area contributed by atoms with Gasteiger partial charge in [-0.3, -0.25) is 14.5 Å². The molecule has 3 N–H and O–H groups in total. The maximum absolute atomic E-state index is 14.5. The Kier molecular flexibility index (Phi) is 11.2. The summed E-state index contributed by atoms with van der Waals surface area (Å²) < 4.78 is 25.5. The fourth-order valence-electron chi connectivity index (χ4n) is 7.31. The molecule has 3 aromatic rings. The van der Waals surface area contributed by atoms with Gasteiger partial charge in [0.2, 0.25) is 12.7 Å². The zero-order valence-corrected chi connectivity index (χ0v) is 27.3. The van der Waals surface area contributed by atoms with Gasteiger partial charge in [0, 0.05) is 35.8 Å². The van der Waals surface area contributed by atoms with Crippen molar-refractivity contribution in [3.05, 3.63) is 88.2 Å². The number of aliphatic hydroxyl groups excluding tert-OH is 2. The van der Waals surface area contributed by atoms with Gasteiger partial charge in [0.25, 0.3) is 0 Å². The van der Waals surface area contributed by atoms with E-state index in [1.807, 2.05) is 29.2 Å².